The Bertz CT molecular complexity index is 511. The van der Waals surface area contributed by atoms with Crippen LogP contribution in [0.25, 0.3) is 0 Å². The Morgan fingerprint density at radius 3 is 2.74 bits per heavy atom. The normalized spacial score (nSPS) is 10.9. The summed E-state index contributed by atoms with van der Waals surface area (Å²) in [5.41, 5.74) is 0. The van der Waals surface area contributed by atoms with Crippen molar-refractivity contribution in [2.75, 3.05) is 11.9 Å². The summed E-state index contributed by atoms with van der Waals surface area (Å²) in [6.07, 6.45) is 0. The molecule has 1 N–H and O–H groups in total. The molecule has 1 aromatic heterocycles. The van der Waals surface area contributed by atoms with Crippen LogP contribution in [0.4, 0.5) is 5.13 Å². The van der Waals surface area contributed by atoms with Gasteiger partial charge in [-0.1, -0.05) is 25.4 Å². The maximum Gasteiger partial charge on any atom is 0.202 e. The van der Waals surface area contributed by atoms with Crippen molar-refractivity contribution >= 4 is 40.0 Å². The van der Waals surface area contributed by atoms with Gasteiger partial charge in [-0.25, -0.2) is 4.98 Å². The molecule has 3 nitrogen and oxygen atoms in total. The maximum absolute atomic E-state index is 5.85. The molecule has 0 radical (unpaired) electrons. The molecule has 0 aliphatic heterocycles. The molecular weight excluding hydrogens is 298 g/mol. The Hall–Kier alpha value is -0.780. The Morgan fingerprint density at radius 2 is 2.05 bits per heavy atom. The number of hydrogen-bond donors (Lipinski definition) is 1. The van der Waals surface area contributed by atoms with Crippen molar-refractivity contribution in [3.8, 4) is 0 Å². The summed E-state index contributed by atoms with van der Waals surface area (Å²) in [6.45, 7) is 5.27. The first-order valence-electron chi connectivity index (χ1n) is 6.08. The summed E-state index contributed by atoms with van der Waals surface area (Å²) in [4.78, 5) is 5.64. The molecule has 0 spiro atoms. The molecule has 2 rings (SSSR count). The first-order chi connectivity index (χ1) is 9.13. The SMILES string of the molecule is CC(C)CNc1nc(CSc2ccc(Cl)cc2)ns1. The third-order valence-corrected chi connectivity index (χ3v) is 4.28. The topological polar surface area (TPSA) is 37.8 Å². The Kier molecular flexibility index (Phi) is 5.48. The lowest BCUT2D eigenvalue weighted by Crippen LogP contribution is -2.07. The first-order valence-corrected chi connectivity index (χ1v) is 8.22. The standard InChI is InChI=1S/C13H16ClN3S2/c1-9(2)7-15-13-16-12(17-19-13)8-18-11-5-3-10(14)4-6-11/h3-6,9H,7-8H2,1-2H3,(H,15,16,17). The second-order valence-electron chi connectivity index (χ2n) is 4.53. The van der Waals surface area contributed by atoms with E-state index < -0.39 is 0 Å². The Labute approximate surface area is 127 Å². The fourth-order valence-electron chi connectivity index (χ4n) is 1.35. The number of benzene rings is 1. The first kappa shape index (κ1) is 14.6. The molecule has 0 saturated heterocycles. The van der Waals surface area contributed by atoms with Crippen molar-refractivity contribution in [1.29, 1.82) is 0 Å². The molecule has 6 heteroatoms. The van der Waals surface area contributed by atoms with E-state index in [1.807, 2.05) is 24.3 Å². The van der Waals surface area contributed by atoms with Crippen LogP contribution < -0.4 is 5.32 Å². The van der Waals surface area contributed by atoms with Crippen LogP contribution in [0.15, 0.2) is 29.2 Å². The Morgan fingerprint density at radius 1 is 1.32 bits per heavy atom. The van der Waals surface area contributed by atoms with Crippen LogP contribution in [0.1, 0.15) is 19.7 Å². The minimum absolute atomic E-state index is 0.607. The summed E-state index contributed by atoms with van der Waals surface area (Å²) < 4.78 is 4.35. The molecule has 0 unspecified atom stereocenters. The van der Waals surface area contributed by atoms with E-state index in [-0.39, 0.29) is 0 Å². The molecule has 0 aliphatic rings. The number of nitrogens with zero attached hydrogens (tertiary/aromatic N) is 2. The van der Waals surface area contributed by atoms with Crippen LogP contribution in [0.5, 0.6) is 0 Å². The van der Waals surface area contributed by atoms with Gasteiger partial charge in [-0.15, -0.1) is 11.8 Å². The van der Waals surface area contributed by atoms with Gasteiger partial charge in [0.05, 0.1) is 5.75 Å². The van der Waals surface area contributed by atoms with Gasteiger partial charge < -0.3 is 5.32 Å². The Balaban J connectivity index is 1.84. The fraction of sp³-hybridized carbons (Fsp3) is 0.385. The number of rotatable bonds is 6. The summed E-state index contributed by atoms with van der Waals surface area (Å²) in [6, 6.07) is 7.82. The molecule has 0 fully saturated rings. The van der Waals surface area contributed by atoms with E-state index in [1.54, 1.807) is 11.8 Å². The molecular formula is C13H16ClN3S2. The van der Waals surface area contributed by atoms with Crippen molar-refractivity contribution < 1.29 is 0 Å². The molecule has 1 heterocycles. The van der Waals surface area contributed by atoms with Gasteiger partial charge in [0, 0.05) is 28.0 Å². The second kappa shape index (κ2) is 7.12. The summed E-state index contributed by atoms with van der Waals surface area (Å²) in [7, 11) is 0. The van der Waals surface area contributed by atoms with E-state index in [9.17, 15) is 0 Å². The highest BCUT2D eigenvalue weighted by atomic mass is 35.5. The molecule has 19 heavy (non-hydrogen) atoms. The van der Waals surface area contributed by atoms with Crippen LogP contribution in [0.2, 0.25) is 5.02 Å². The predicted octanol–water partition coefficient (Wildman–Crippen LogP) is 4.55. The van der Waals surface area contributed by atoms with E-state index in [4.69, 9.17) is 11.6 Å². The van der Waals surface area contributed by atoms with Crippen LogP contribution >= 0.6 is 34.9 Å². The van der Waals surface area contributed by atoms with Gasteiger partial charge in [0.25, 0.3) is 0 Å². The lowest BCUT2D eigenvalue weighted by Gasteiger charge is -2.03. The van der Waals surface area contributed by atoms with Crippen LogP contribution in [0, 0.1) is 5.92 Å². The maximum atomic E-state index is 5.85. The van der Waals surface area contributed by atoms with Crippen LogP contribution in [-0.2, 0) is 5.75 Å². The van der Waals surface area contributed by atoms with Gasteiger partial charge in [0.15, 0.2) is 5.82 Å². The largest absolute Gasteiger partial charge is 0.360 e. The second-order valence-corrected chi connectivity index (χ2v) is 6.77. The lowest BCUT2D eigenvalue weighted by molar-refractivity contribution is 0.688. The number of nitrogens with one attached hydrogen (secondary N) is 1. The number of halogens is 1. The highest BCUT2D eigenvalue weighted by Crippen LogP contribution is 2.24. The van der Waals surface area contributed by atoms with E-state index in [2.05, 4.69) is 28.5 Å². The van der Waals surface area contributed by atoms with Gasteiger partial charge in [0.1, 0.15) is 0 Å². The summed E-state index contributed by atoms with van der Waals surface area (Å²) in [5.74, 6) is 2.26. The highest BCUT2D eigenvalue weighted by Gasteiger charge is 2.05. The van der Waals surface area contributed by atoms with Gasteiger partial charge in [0.2, 0.25) is 5.13 Å². The summed E-state index contributed by atoms with van der Waals surface area (Å²) in [5, 5.41) is 4.95. The zero-order chi connectivity index (χ0) is 13.7. The number of hydrogen-bond acceptors (Lipinski definition) is 5. The van der Waals surface area contributed by atoms with Gasteiger partial charge in [-0.05, 0) is 30.2 Å². The van der Waals surface area contributed by atoms with Crippen LogP contribution in [-0.4, -0.2) is 15.9 Å². The molecule has 2 aromatic rings. The molecule has 102 valence electrons. The molecule has 0 amide bonds. The minimum atomic E-state index is 0.607. The minimum Gasteiger partial charge on any atom is -0.360 e. The van der Waals surface area contributed by atoms with Gasteiger partial charge >= 0.3 is 0 Å². The smallest absolute Gasteiger partial charge is 0.202 e. The lowest BCUT2D eigenvalue weighted by atomic mass is 10.2. The zero-order valence-electron chi connectivity index (χ0n) is 10.9. The molecule has 0 aliphatic carbocycles. The quantitative estimate of drug-likeness (QED) is 0.794. The zero-order valence-corrected chi connectivity index (χ0v) is 13.3. The number of thioether (sulfide) groups is 1. The number of anilines is 1. The molecule has 1 aromatic carbocycles. The van der Waals surface area contributed by atoms with Crippen LogP contribution in [0.3, 0.4) is 0 Å². The van der Waals surface area contributed by atoms with Gasteiger partial charge in [-0.2, -0.15) is 4.37 Å². The van der Waals surface area contributed by atoms with Crippen molar-refractivity contribution in [2.45, 2.75) is 24.5 Å². The van der Waals surface area contributed by atoms with Crippen molar-refractivity contribution in [2.24, 2.45) is 5.92 Å². The highest BCUT2D eigenvalue weighted by molar-refractivity contribution is 7.98. The third kappa shape index (κ3) is 5.01. The molecule has 0 bridgehead atoms. The van der Waals surface area contributed by atoms with E-state index in [0.29, 0.717) is 5.92 Å². The third-order valence-electron chi connectivity index (χ3n) is 2.31. The average Bonchev–Trinajstić information content (AvgIpc) is 2.84. The molecule has 0 saturated carbocycles. The fourth-order valence-corrected chi connectivity index (χ4v) is 2.91. The summed E-state index contributed by atoms with van der Waals surface area (Å²) >= 11 is 8.99. The average molecular weight is 314 g/mol. The van der Waals surface area contributed by atoms with Gasteiger partial charge in [-0.3, -0.25) is 0 Å². The van der Waals surface area contributed by atoms with Crippen molar-refractivity contribution in [3.05, 3.63) is 35.1 Å². The van der Waals surface area contributed by atoms with E-state index >= 15 is 0 Å². The molecule has 0 atom stereocenters. The van der Waals surface area contributed by atoms with E-state index in [1.165, 1.54) is 16.4 Å². The number of aromatic nitrogens is 2. The monoisotopic (exact) mass is 313 g/mol. The van der Waals surface area contributed by atoms with Crippen molar-refractivity contribution in [1.82, 2.24) is 9.36 Å². The van der Waals surface area contributed by atoms with E-state index in [0.717, 1.165) is 28.3 Å². The predicted molar refractivity (Wildman–Crippen MR) is 84.2 cm³/mol. The van der Waals surface area contributed by atoms with Crippen molar-refractivity contribution in [3.63, 3.8) is 0 Å².